The highest BCUT2D eigenvalue weighted by atomic mass is 16.4. The minimum Gasteiger partial charge on any atom is -0.478 e. The molecule has 0 aliphatic rings. The smallest absolute Gasteiger partial charge is 0.337 e. The molecule has 0 aliphatic heterocycles. The first kappa shape index (κ1) is 12.5. The minimum absolute atomic E-state index is 0.232. The fraction of sp³-hybridized carbons (Fsp3) is 0.200. The SMILES string of the molecule is CCc1nc2c(C(=O)O)cccc2n1Cc1ccco1. The highest BCUT2D eigenvalue weighted by Gasteiger charge is 2.16. The number of hydrogen-bond donors (Lipinski definition) is 1. The maximum absolute atomic E-state index is 11.3. The summed E-state index contributed by atoms with van der Waals surface area (Å²) in [5.74, 6) is 0.714. The average molecular weight is 270 g/mol. The number of fused-ring (bicyclic) bond motifs is 1. The average Bonchev–Trinajstić information content (AvgIpc) is 3.06. The number of carboxylic acid groups (broad SMARTS) is 1. The van der Waals surface area contributed by atoms with Crippen molar-refractivity contribution >= 4 is 17.0 Å². The van der Waals surface area contributed by atoms with Crippen molar-refractivity contribution in [2.24, 2.45) is 0 Å². The van der Waals surface area contributed by atoms with Crippen LogP contribution in [0.25, 0.3) is 11.0 Å². The second-order valence-electron chi connectivity index (χ2n) is 4.53. The summed E-state index contributed by atoms with van der Waals surface area (Å²) in [7, 11) is 0. The molecule has 5 nitrogen and oxygen atoms in total. The van der Waals surface area contributed by atoms with Crippen LogP contribution in [0.3, 0.4) is 0 Å². The summed E-state index contributed by atoms with van der Waals surface area (Å²) >= 11 is 0. The lowest BCUT2D eigenvalue weighted by molar-refractivity contribution is 0.0699. The molecule has 20 heavy (non-hydrogen) atoms. The largest absolute Gasteiger partial charge is 0.478 e. The molecule has 1 N–H and O–H groups in total. The molecule has 0 saturated heterocycles. The standard InChI is InChI=1S/C15H14N2O3/c1-2-13-16-14-11(15(18)19)6-3-7-12(14)17(13)9-10-5-4-8-20-10/h3-8H,2,9H2,1H3,(H,18,19). The van der Waals surface area contributed by atoms with Crippen molar-refractivity contribution in [3.63, 3.8) is 0 Å². The minimum atomic E-state index is -0.957. The summed E-state index contributed by atoms with van der Waals surface area (Å²) in [5.41, 5.74) is 1.58. The quantitative estimate of drug-likeness (QED) is 0.791. The number of aromatic carboxylic acids is 1. The highest BCUT2D eigenvalue weighted by Crippen LogP contribution is 2.22. The molecular formula is C15H14N2O3. The zero-order chi connectivity index (χ0) is 14.1. The Labute approximate surface area is 115 Å². The van der Waals surface area contributed by atoms with E-state index in [4.69, 9.17) is 4.42 Å². The monoisotopic (exact) mass is 270 g/mol. The van der Waals surface area contributed by atoms with Gasteiger partial charge in [0, 0.05) is 6.42 Å². The van der Waals surface area contributed by atoms with Crippen LogP contribution >= 0.6 is 0 Å². The maximum Gasteiger partial charge on any atom is 0.337 e. The number of imidazole rings is 1. The first-order valence-corrected chi connectivity index (χ1v) is 6.44. The van der Waals surface area contributed by atoms with Gasteiger partial charge in [-0.2, -0.15) is 0 Å². The Hall–Kier alpha value is -2.56. The van der Waals surface area contributed by atoms with E-state index in [2.05, 4.69) is 4.98 Å². The van der Waals surface area contributed by atoms with Crippen molar-refractivity contribution < 1.29 is 14.3 Å². The topological polar surface area (TPSA) is 68.3 Å². The van der Waals surface area contributed by atoms with E-state index in [1.807, 2.05) is 29.7 Å². The van der Waals surface area contributed by atoms with E-state index in [9.17, 15) is 9.90 Å². The van der Waals surface area contributed by atoms with Crippen LogP contribution in [0.4, 0.5) is 0 Å². The normalized spacial score (nSPS) is 11.1. The van der Waals surface area contributed by atoms with Gasteiger partial charge in [-0.3, -0.25) is 0 Å². The second kappa shape index (κ2) is 4.85. The Morgan fingerprint density at radius 1 is 1.35 bits per heavy atom. The third-order valence-corrected chi connectivity index (χ3v) is 3.30. The molecule has 2 aromatic heterocycles. The first-order valence-electron chi connectivity index (χ1n) is 6.44. The molecule has 0 unspecified atom stereocenters. The molecule has 102 valence electrons. The van der Waals surface area contributed by atoms with E-state index < -0.39 is 5.97 Å². The molecule has 5 heteroatoms. The Kier molecular flexibility index (Phi) is 3.02. The van der Waals surface area contributed by atoms with Crippen molar-refractivity contribution in [2.45, 2.75) is 19.9 Å². The van der Waals surface area contributed by atoms with Gasteiger partial charge in [-0.25, -0.2) is 9.78 Å². The van der Waals surface area contributed by atoms with Gasteiger partial charge in [0.25, 0.3) is 0 Å². The fourth-order valence-electron chi connectivity index (χ4n) is 2.37. The van der Waals surface area contributed by atoms with Crippen LogP contribution in [0.1, 0.15) is 28.9 Å². The lowest BCUT2D eigenvalue weighted by Gasteiger charge is -2.05. The van der Waals surface area contributed by atoms with Gasteiger partial charge >= 0.3 is 5.97 Å². The summed E-state index contributed by atoms with van der Waals surface area (Å²) in [6.07, 6.45) is 2.36. The number of para-hydroxylation sites is 1. The first-order chi connectivity index (χ1) is 9.70. The third kappa shape index (κ3) is 1.97. The van der Waals surface area contributed by atoms with E-state index in [1.165, 1.54) is 0 Å². The van der Waals surface area contributed by atoms with Crippen molar-refractivity contribution in [1.29, 1.82) is 0 Å². The summed E-state index contributed by atoms with van der Waals surface area (Å²) in [6, 6.07) is 8.94. The Balaban J connectivity index is 2.19. The molecular weight excluding hydrogens is 256 g/mol. The zero-order valence-electron chi connectivity index (χ0n) is 11.0. The third-order valence-electron chi connectivity index (χ3n) is 3.30. The second-order valence-corrected chi connectivity index (χ2v) is 4.53. The van der Waals surface area contributed by atoms with Crippen molar-refractivity contribution in [3.05, 3.63) is 53.7 Å². The molecule has 2 heterocycles. The predicted octanol–water partition coefficient (Wildman–Crippen LogP) is 2.94. The number of aryl methyl sites for hydroxylation is 1. The number of furan rings is 1. The fourth-order valence-corrected chi connectivity index (χ4v) is 2.37. The number of hydrogen-bond acceptors (Lipinski definition) is 3. The van der Waals surface area contributed by atoms with Crippen LogP contribution < -0.4 is 0 Å². The molecule has 0 atom stereocenters. The van der Waals surface area contributed by atoms with E-state index in [1.54, 1.807) is 18.4 Å². The van der Waals surface area contributed by atoms with E-state index in [-0.39, 0.29) is 5.56 Å². The van der Waals surface area contributed by atoms with Crippen LogP contribution in [0.5, 0.6) is 0 Å². The lowest BCUT2D eigenvalue weighted by atomic mass is 10.2. The molecule has 0 saturated carbocycles. The number of rotatable bonds is 4. The number of benzene rings is 1. The van der Waals surface area contributed by atoms with Gasteiger partial charge in [0.15, 0.2) is 0 Å². The lowest BCUT2D eigenvalue weighted by Crippen LogP contribution is -2.03. The van der Waals surface area contributed by atoms with E-state index in [0.29, 0.717) is 12.1 Å². The van der Waals surface area contributed by atoms with Gasteiger partial charge < -0.3 is 14.1 Å². The number of nitrogens with zero attached hydrogens (tertiary/aromatic N) is 2. The predicted molar refractivity (Wildman–Crippen MR) is 73.9 cm³/mol. The Morgan fingerprint density at radius 2 is 2.20 bits per heavy atom. The van der Waals surface area contributed by atoms with E-state index >= 15 is 0 Å². The molecule has 0 fully saturated rings. The van der Waals surface area contributed by atoms with Crippen LogP contribution in [0, 0.1) is 0 Å². The highest BCUT2D eigenvalue weighted by molar-refractivity contribution is 6.01. The molecule has 3 rings (SSSR count). The molecule has 0 amide bonds. The van der Waals surface area contributed by atoms with Gasteiger partial charge in [-0.05, 0) is 24.3 Å². The van der Waals surface area contributed by atoms with Crippen LogP contribution in [0.2, 0.25) is 0 Å². The maximum atomic E-state index is 11.3. The number of carboxylic acids is 1. The van der Waals surface area contributed by atoms with Crippen LogP contribution in [0.15, 0.2) is 41.0 Å². The Morgan fingerprint density at radius 3 is 2.85 bits per heavy atom. The number of aromatic nitrogens is 2. The Bertz CT molecular complexity index is 757. The summed E-state index contributed by atoms with van der Waals surface area (Å²) in [6.45, 7) is 2.55. The number of carbonyl (C=O) groups is 1. The van der Waals surface area contributed by atoms with Gasteiger partial charge in [-0.1, -0.05) is 13.0 Å². The molecule has 0 spiro atoms. The van der Waals surface area contributed by atoms with Crippen LogP contribution in [-0.2, 0) is 13.0 Å². The molecule has 1 aromatic carbocycles. The van der Waals surface area contributed by atoms with Crippen molar-refractivity contribution in [1.82, 2.24) is 9.55 Å². The molecule has 3 aromatic rings. The van der Waals surface area contributed by atoms with Gasteiger partial charge in [-0.15, -0.1) is 0 Å². The summed E-state index contributed by atoms with van der Waals surface area (Å²) in [5, 5.41) is 9.24. The summed E-state index contributed by atoms with van der Waals surface area (Å²) < 4.78 is 7.37. The van der Waals surface area contributed by atoms with E-state index in [0.717, 1.165) is 23.5 Å². The van der Waals surface area contributed by atoms with Crippen molar-refractivity contribution in [2.75, 3.05) is 0 Å². The van der Waals surface area contributed by atoms with Gasteiger partial charge in [0.05, 0.1) is 23.9 Å². The molecule has 0 radical (unpaired) electrons. The van der Waals surface area contributed by atoms with Crippen LogP contribution in [-0.4, -0.2) is 20.6 Å². The zero-order valence-corrected chi connectivity index (χ0v) is 11.0. The summed E-state index contributed by atoms with van der Waals surface area (Å²) in [4.78, 5) is 15.7. The van der Waals surface area contributed by atoms with Gasteiger partial charge in [0.2, 0.25) is 0 Å². The van der Waals surface area contributed by atoms with Crippen molar-refractivity contribution in [3.8, 4) is 0 Å². The molecule has 0 bridgehead atoms. The van der Waals surface area contributed by atoms with Gasteiger partial charge in [0.1, 0.15) is 17.1 Å². The molecule has 0 aliphatic carbocycles.